The van der Waals surface area contributed by atoms with E-state index >= 15 is 0 Å². The van der Waals surface area contributed by atoms with Gasteiger partial charge in [0.15, 0.2) is 0 Å². The second-order valence-electron chi connectivity index (χ2n) is 3.34. The maximum Gasteiger partial charge on any atom is 0.0949 e. The molecule has 71 valence electrons. The van der Waals surface area contributed by atoms with Crippen molar-refractivity contribution < 1.29 is 0 Å². The van der Waals surface area contributed by atoms with Gasteiger partial charge in [-0.1, -0.05) is 30.3 Å². The molecular formula is C12H13N2. The van der Waals surface area contributed by atoms with E-state index in [1.54, 1.807) is 0 Å². The smallest absolute Gasteiger partial charge is 0.0949 e. The van der Waals surface area contributed by atoms with E-state index in [1.807, 2.05) is 18.6 Å². The highest BCUT2D eigenvalue weighted by Gasteiger charge is 1.94. The maximum atomic E-state index is 4.08. The molecule has 0 aliphatic heterocycles. The van der Waals surface area contributed by atoms with Crippen LogP contribution in [0.3, 0.4) is 0 Å². The lowest BCUT2D eigenvalue weighted by molar-refractivity contribution is 0.695. The highest BCUT2D eigenvalue weighted by atomic mass is 15.0. The minimum atomic E-state index is 0.832. The van der Waals surface area contributed by atoms with Crippen LogP contribution < -0.4 is 0 Å². The van der Waals surface area contributed by atoms with E-state index in [0.717, 1.165) is 18.7 Å². The first-order valence-electron chi connectivity index (χ1n) is 4.72. The lowest BCUT2D eigenvalue weighted by Gasteiger charge is -2.01. The Morgan fingerprint density at radius 1 is 1.21 bits per heavy atom. The molecule has 2 aromatic rings. The number of rotatable bonds is 3. The van der Waals surface area contributed by atoms with E-state index < -0.39 is 0 Å². The predicted octanol–water partition coefficient (Wildman–Crippen LogP) is 2.31. The summed E-state index contributed by atoms with van der Waals surface area (Å²) in [4.78, 5) is 4.08. The normalized spacial score (nSPS) is 10.4. The molecule has 0 N–H and O–H groups in total. The Morgan fingerprint density at radius 3 is 2.64 bits per heavy atom. The summed E-state index contributed by atoms with van der Waals surface area (Å²) < 4.78 is 2.06. The standard InChI is InChI=1S/C12H13N2/c1-11-9-14(10-13-11)8-7-12-5-3-2-4-6-12/h2-6,9-10H,1,7-8H2. The number of benzene rings is 1. The summed E-state index contributed by atoms with van der Waals surface area (Å²) in [6.07, 6.45) is 4.82. The molecule has 0 saturated carbocycles. The van der Waals surface area contributed by atoms with Crippen molar-refractivity contribution in [3.05, 3.63) is 61.0 Å². The predicted molar refractivity (Wildman–Crippen MR) is 56.8 cm³/mol. The molecule has 0 spiro atoms. The zero-order chi connectivity index (χ0) is 9.80. The lowest BCUT2D eigenvalue weighted by atomic mass is 10.1. The molecule has 0 saturated heterocycles. The number of hydrogen-bond acceptors (Lipinski definition) is 1. The van der Waals surface area contributed by atoms with Gasteiger partial charge in [-0.2, -0.15) is 0 Å². The summed E-state index contributed by atoms with van der Waals surface area (Å²) in [6, 6.07) is 10.4. The minimum Gasteiger partial charge on any atom is -0.337 e. The van der Waals surface area contributed by atoms with Crippen molar-refractivity contribution in [2.75, 3.05) is 0 Å². The van der Waals surface area contributed by atoms with Gasteiger partial charge in [-0.3, -0.25) is 0 Å². The third-order valence-electron chi connectivity index (χ3n) is 2.19. The van der Waals surface area contributed by atoms with Crippen molar-refractivity contribution in [1.82, 2.24) is 9.55 Å². The second-order valence-corrected chi connectivity index (χ2v) is 3.34. The molecule has 1 radical (unpaired) electrons. The molecule has 0 fully saturated rings. The molecule has 0 unspecified atom stereocenters. The van der Waals surface area contributed by atoms with Crippen LogP contribution >= 0.6 is 0 Å². The zero-order valence-electron chi connectivity index (χ0n) is 8.06. The number of nitrogens with zero attached hydrogens (tertiary/aromatic N) is 2. The molecule has 1 aromatic heterocycles. The van der Waals surface area contributed by atoms with Gasteiger partial charge < -0.3 is 4.57 Å². The molecule has 0 amide bonds. The third-order valence-corrected chi connectivity index (χ3v) is 2.19. The van der Waals surface area contributed by atoms with E-state index in [2.05, 4.69) is 40.7 Å². The fourth-order valence-corrected chi connectivity index (χ4v) is 1.43. The molecule has 2 nitrogen and oxygen atoms in total. The van der Waals surface area contributed by atoms with Crippen LogP contribution in [0.4, 0.5) is 0 Å². The van der Waals surface area contributed by atoms with Crippen molar-refractivity contribution in [2.24, 2.45) is 0 Å². The SMILES string of the molecule is [CH2]c1cn(CCc2ccccc2)cn1. The summed E-state index contributed by atoms with van der Waals surface area (Å²) in [7, 11) is 0. The van der Waals surface area contributed by atoms with Gasteiger partial charge >= 0.3 is 0 Å². The first-order chi connectivity index (χ1) is 6.84. The number of imidazole rings is 1. The van der Waals surface area contributed by atoms with Crippen molar-refractivity contribution in [1.29, 1.82) is 0 Å². The van der Waals surface area contributed by atoms with E-state index in [0.29, 0.717) is 0 Å². The average molecular weight is 185 g/mol. The molecule has 2 heteroatoms. The molecule has 0 bridgehead atoms. The Morgan fingerprint density at radius 2 is 2.00 bits per heavy atom. The highest BCUT2D eigenvalue weighted by Crippen LogP contribution is 2.02. The van der Waals surface area contributed by atoms with Crippen LogP contribution in [-0.2, 0) is 13.0 Å². The van der Waals surface area contributed by atoms with Crippen LogP contribution in [0.5, 0.6) is 0 Å². The Kier molecular flexibility index (Phi) is 2.63. The molecule has 0 aliphatic carbocycles. The van der Waals surface area contributed by atoms with Gasteiger partial charge in [0.1, 0.15) is 0 Å². The van der Waals surface area contributed by atoms with Gasteiger partial charge in [0.2, 0.25) is 0 Å². The van der Waals surface area contributed by atoms with Crippen LogP contribution in [0.25, 0.3) is 0 Å². The quantitative estimate of drug-likeness (QED) is 0.717. The van der Waals surface area contributed by atoms with Gasteiger partial charge in [0.05, 0.1) is 12.0 Å². The number of aryl methyl sites for hydroxylation is 2. The van der Waals surface area contributed by atoms with Crippen LogP contribution in [0, 0.1) is 6.92 Å². The first-order valence-corrected chi connectivity index (χ1v) is 4.72. The molecule has 0 aliphatic rings. The molecule has 0 atom stereocenters. The van der Waals surface area contributed by atoms with E-state index in [9.17, 15) is 0 Å². The zero-order valence-corrected chi connectivity index (χ0v) is 8.06. The monoisotopic (exact) mass is 185 g/mol. The lowest BCUT2D eigenvalue weighted by Crippen LogP contribution is -1.97. The Balaban J connectivity index is 1.95. The van der Waals surface area contributed by atoms with Crippen LogP contribution in [0.1, 0.15) is 11.3 Å². The van der Waals surface area contributed by atoms with Gasteiger partial charge in [-0.25, -0.2) is 4.98 Å². The molecule has 2 rings (SSSR count). The maximum absolute atomic E-state index is 4.08. The molecule has 1 heterocycles. The van der Waals surface area contributed by atoms with E-state index in [4.69, 9.17) is 0 Å². The van der Waals surface area contributed by atoms with Crippen molar-refractivity contribution in [2.45, 2.75) is 13.0 Å². The Hall–Kier alpha value is -1.57. The van der Waals surface area contributed by atoms with Gasteiger partial charge in [0.25, 0.3) is 0 Å². The Bertz CT molecular complexity index is 390. The second kappa shape index (κ2) is 4.09. The van der Waals surface area contributed by atoms with E-state index in [1.165, 1.54) is 5.56 Å². The average Bonchev–Trinajstić information content (AvgIpc) is 2.63. The molecule has 14 heavy (non-hydrogen) atoms. The fourth-order valence-electron chi connectivity index (χ4n) is 1.43. The summed E-state index contributed by atoms with van der Waals surface area (Å²) in [5, 5.41) is 0. The molecular weight excluding hydrogens is 172 g/mol. The van der Waals surface area contributed by atoms with Crippen LogP contribution in [0.15, 0.2) is 42.9 Å². The topological polar surface area (TPSA) is 17.8 Å². The Labute approximate surface area is 84.2 Å². The van der Waals surface area contributed by atoms with Gasteiger partial charge in [-0.05, 0) is 18.9 Å². The fraction of sp³-hybridized carbons (Fsp3) is 0.167. The van der Waals surface area contributed by atoms with Crippen molar-refractivity contribution in [3.63, 3.8) is 0 Å². The molecule has 1 aromatic carbocycles. The van der Waals surface area contributed by atoms with Gasteiger partial charge in [0, 0.05) is 12.7 Å². The third kappa shape index (κ3) is 2.22. The summed E-state index contributed by atoms with van der Waals surface area (Å²) >= 11 is 0. The summed E-state index contributed by atoms with van der Waals surface area (Å²) in [5.41, 5.74) is 2.19. The minimum absolute atomic E-state index is 0.832. The largest absolute Gasteiger partial charge is 0.337 e. The van der Waals surface area contributed by atoms with Crippen molar-refractivity contribution in [3.8, 4) is 0 Å². The highest BCUT2D eigenvalue weighted by molar-refractivity contribution is 5.14. The van der Waals surface area contributed by atoms with Gasteiger partial charge in [-0.15, -0.1) is 0 Å². The summed E-state index contributed by atoms with van der Waals surface area (Å²) in [6.45, 7) is 4.73. The first kappa shape index (κ1) is 9.00. The van der Waals surface area contributed by atoms with Crippen LogP contribution in [-0.4, -0.2) is 9.55 Å². The van der Waals surface area contributed by atoms with E-state index in [-0.39, 0.29) is 0 Å². The summed E-state index contributed by atoms with van der Waals surface area (Å²) in [5.74, 6) is 0. The van der Waals surface area contributed by atoms with Crippen molar-refractivity contribution >= 4 is 0 Å². The number of aromatic nitrogens is 2. The van der Waals surface area contributed by atoms with Crippen LogP contribution in [0.2, 0.25) is 0 Å². The number of hydrogen-bond donors (Lipinski definition) is 0.